The Hall–Kier alpha value is -0.0826. The van der Waals surface area contributed by atoms with Gasteiger partial charge in [0.1, 0.15) is 0 Å². The summed E-state index contributed by atoms with van der Waals surface area (Å²) in [4.78, 5) is 0. The zero-order valence-electron chi connectivity index (χ0n) is 22.9. The van der Waals surface area contributed by atoms with E-state index in [1.807, 2.05) is 0 Å². The first-order valence-electron chi connectivity index (χ1n) is 14.2. The van der Waals surface area contributed by atoms with E-state index < -0.39 is 38.4 Å². The van der Waals surface area contributed by atoms with E-state index in [2.05, 4.69) is 88.4 Å². The fourth-order valence-electron chi connectivity index (χ4n) is 4.50. The van der Waals surface area contributed by atoms with Gasteiger partial charge in [0.2, 0.25) is 0 Å². The molecule has 0 bridgehead atoms. The van der Waals surface area contributed by atoms with E-state index in [0.29, 0.717) is 13.2 Å². The molecule has 0 saturated heterocycles. The Labute approximate surface area is 226 Å². The van der Waals surface area contributed by atoms with E-state index in [4.69, 9.17) is 7.56 Å². The summed E-state index contributed by atoms with van der Waals surface area (Å²) in [5, 5.41) is 0. The molecular weight excluding hydrogens is 646 g/mol. The molecule has 0 aliphatic heterocycles. The number of unbranched alkanes of at least 4 members (excludes halogenated alkanes) is 4. The Morgan fingerprint density at radius 1 is 0.486 bits per heavy atom. The topological polar surface area (TPSA) is 27.7 Å². The molecule has 0 unspecified atom stereocenters. The Morgan fingerprint density at radius 2 is 0.800 bits per heavy atom. The van der Waals surface area contributed by atoms with Gasteiger partial charge in [-0.15, -0.1) is 0 Å². The van der Waals surface area contributed by atoms with Crippen LogP contribution in [0.25, 0.3) is 0 Å². The predicted octanol–water partition coefficient (Wildman–Crippen LogP) is 9.52. The van der Waals surface area contributed by atoms with Crippen molar-refractivity contribution in [3.8, 4) is 0 Å². The first-order valence-corrected chi connectivity index (χ1v) is 26.9. The number of benzene rings is 2. The van der Waals surface area contributed by atoms with Crippen LogP contribution in [0, 0.1) is 0 Å². The quantitative estimate of drug-likeness (QED) is 0.129. The average molecular weight is 696 g/mol. The molecule has 0 heterocycles. The molecule has 5 heteroatoms. The minimum atomic E-state index is -3.39. The molecule has 35 heavy (non-hydrogen) atoms. The monoisotopic (exact) mass is 698 g/mol. The molecule has 0 aliphatic carbocycles. The van der Waals surface area contributed by atoms with Crippen molar-refractivity contribution < 1.29 is 7.56 Å². The second-order valence-corrected chi connectivity index (χ2v) is 32.1. The molecular formula is C30H50O3Sn2. The van der Waals surface area contributed by atoms with Crippen LogP contribution in [-0.4, -0.2) is 38.4 Å². The molecule has 2 aromatic carbocycles. The summed E-state index contributed by atoms with van der Waals surface area (Å²) in [6, 6.07) is 21.4. The van der Waals surface area contributed by atoms with Crippen molar-refractivity contribution in [2.24, 2.45) is 0 Å². The second kappa shape index (κ2) is 18.2. The van der Waals surface area contributed by atoms with Crippen molar-refractivity contribution in [2.75, 3.05) is 0 Å². The molecule has 0 fully saturated rings. The first kappa shape index (κ1) is 31.1. The van der Waals surface area contributed by atoms with Gasteiger partial charge in [-0.1, -0.05) is 0 Å². The third kappa shape index (κ3) is 11.9. The SMILES string of the molecule is CCC[CH2][Sn]([CH2]CCC)([O]Cc1ccccc1)[O][Sn]([CH2]CCC)([CH2]CCC)[O]Cc1ccccc1. The molecule has 3 nitrogen and oxygen atoms in total. The molecule has 0 amide bonds. The van der Waals surface area contributed by atoms with Gasteiger partial charge in [0, 0.05) is 0 Å². The zero-order valence-corrected chi connectivity index (χ0v) is 28.6. The van der Waals surface area contributed by atoms with E-state index in [1.165, 1.54) is 62.5 Å². The summed E-state index contributed by atoms with van der Waals surface area (Å²) < 4.78 is 26.4. The summed E-state index contributed by atoms with van der Waals surface area (Å²) in [5.74, 6) is 0. The number of hydrogen-bond acceptors (Lipinski definition) is 3. The van der Waals surface area contributed by atoms with Crippen molar-refractivity contribution >= 4 is 38.4 Å². The van der Waals surface area contributed by atoms with Gasteiger partial charge in [0.15, 0.2) is 0 Å². The Bertz CT molecular complexity index is 688. The standard InChI is InChI=1S/2C7H7O.4C4H9.O.2Sn/c2*8-6-7-4-2-1-3-5-7;4*1-3-4-2;;;/h2*1-5H,6H2;4*1,3-4H2,2H3;;;/q2*-1;;;;;;2*+1. The predicted molar refractivity (Wildman–Crippen MR) is 154 cm³/mol. The van der Waals surface area contributed by atoms with Crippen molar-refractivity contribution in [1.29, 1.82) is 0 Å². The molecule has 0 radical (unpaired) electrons. The summed E-state index contributed by atoms with van der Waals surface area (Å²) in [7, 11) is 0. The van der Waals surface area contributed by atoms with Gasteiger partial charge in [0.05, 0.1) is 0 Å². The van der Waals surface area contributed by atoms with Crippen molar-refractivity contribution in [3.05, 3.63) is 71.8 Å². The number of hydrogen-bond donors (Lipinski definition) is 0. The van der Waals surface area contributed by atoms with Crippen LogP contribution in [0.15, 0.2) is 60.7 Å². The molecule has 2 aromatic rings. The van der Waals surface area contributed by atoms with E-state index >= 15 is 0 Å². The average Bonchev–Trinajstić information content (AvgIpc) is 2.91. The van der Waals surface area contributed by atoms with Gasteiger partial charge in [0.25, 0.3) is 0 Å². The van der Waals surface area contributed by atoms with Crippen LogP contribution in [0.1, 0.15) is 90.2 Å². The third-order valence-corrected chi connectivity index (χ3v) is 39.6. The molecule has 0 spiro atoms. The second-order valence-electron chi connectivity index (χ2n) is 9.89. The van der Waals surface area contributed by atoms with Crippen LogP contribution in [0.4, 0.5) is 0 Å². The van der Waals surface area contributed by atoms with Crippen LogP contribution >= 0.6 is 0 Å². The van der Waals surface area contributed by atoms with Crippen LogP contribution in [0.5, 0.6) is 0 Å². The van der Waals surface area contributed by atoms with Crippen LogP contribution in [0.3, 0.4) is 0 Å². The van der Waals surface area contributed by atoms with Gasteiger partial charge >= 0.3 is 228 Å². The Kier molecular flexibility index (Phi) is 16.2. The molecule has 0 saturated carbocycles. The fourth-order valence-corrected chi connectivity index (χ4v) is 46.7. The van der Waals surface area contributed by atoms with Gasteiger partial charge in [-0.3, -0.25) is 0 Å². The Balaban J connectivity index is 2.37. The first-order chi connectivity index (χ1) is 17.1. The van der Waals surface area contributed by atoms with Gasteiger partial charge in [-0.2, -0.15) is 0 Å². The van der Waals surface area contributed by atoms with E-state index in [9.17, 15) is 0 Å². The summed E-state index contributed by atoms with van der Waals surface area (Å²) in [6.07, 6.45) is 9.60. The van der Waals surface area contributed by atoms with Gasteiger partial charge in [-0.05, 0) is 0 Å². The van der Waals surface area contributed by atoms with E-state index in [0.717, 1.165) is 17.7 Å². The fraction of sp³-hybridized carbons (Fsp3) is 0.600. The van der Waals surface area contributed by atoms with Crippen molar-refractivity contribution in [3.63, 3.8) is 0 Å². The number of rotatable bonds is 20. The van der Waals surface area contributed by atoms with Crippen LogP contribution in [-0.2, 0) is 20.8 Å². The molecule has 0 atom stereocenters. The Morgan fingerprint density at radius 3 is 1.09 bits per heavy atom. The van der Waals surface area contributed by atoms with Crippen molar-refractivity contribution in [1.82, 2.24) is 0 Å². The van der Waals surface area contributed by atoms with Crippen LogP contribution in [0.2, 0.25) is 17.7 Å². The third-order valence-electron chi connectivity index (χ3n) is 6.71. The zero-order chi connectivity index (χ0) is 25.2. The molecule has 2 rings (SSSR count). The normalized spacial score (nSPS) is 12.2. The van der Waals surface area contributed by atoms with Crippen molar-refractivity contribution in [2.45, 2.75) is 110 Å². The minimum absolute atomic E-state index is 0.687. The maximum absolute atomic E-state index is 7.65. The molecule has 196 valence electrons. The summed E-state index contributed by atoms with van der Waals surface area (Å²) >= 11 is -6.78. The summed E-state index contributed by atoms with van der Waals surface area (Å²) in [5.41, 5.74) is 2.52. The van der Waals surface area contributed by atoms with Crippen LogP contribution < -0.4 is 0 Å². The molecule has 0 aromatic heterocycles. The molecule has 0 aliphatic rings. The van der Waals surface area contributed by atoms with Gasteiger partial charge < -0.3 is 0 Å². The molecule has 0 N–H and O–H groups in total. The van der Waals surface area contributed by atoms with E-state index in [-0.39, 0.29) is 0 Å². The maximum atomic E-state index is 7.65. The van der Waals surface area contributed by atoms with Gasteiger partial charge in [-0.25, -0.2) is 0 Å². The summed E-state index contributed by atoms with van der Waals surface area (Å²) in [6.45, 7) is 10.6. The van der Waals surface area contributed by atoms with E-state index in [1.54, 1.807) is 0 Å².